The van der Waals surface area contributed by atoms with Gasteiger partial charge in [0.1, 0.15) is 0 Å². The smallest absolute Gasteiger partial charge is 0.162 e. The average molecular weight is 324 g/mol. The molecule has 4 heteroatoms. The normalized spacial score (nSPS) is 11.2. The first-order valence-corrected chi connectivity index (χ1v) is 7.10. The molecule has 0 N–H and O–H groups in total. The first kappa shape index (κ1) is 11.6. The lowest BCUT2D eigenvalue weighted by atomic mass is 10.1. The number of aromatic nitrogens is 3. The molecule has 2 aromatic carbocycles. The Morgan fingerprint density at radius 1 is 0.950 bits per heavy atom. The van der Waals surface area contributed by atoms with Gasteiger partial charge in [-0.05, 0) is 23.8 Å². The Morgan fingerprint density at radius 3 is 2.65 bits per heavy atom. The Labute approximate surface area is 124 Å². The van der Waals surface area contributed by atoms with Crippen molar-refractivity contribution in [2.45, 2.75) is 0 Å². The fourth-order valence-electron chi connectivity index (χ4n) is 2.36. The summed E-state index contributed by atoms with van der Waals surface area (Å²) < 4.78 is 2.87. The number of halogens is 1. The molecule has 96 valence electrons. The van der Waals surface area contributed by atoms with Crippen molar-refractivity contribution in [3.8, 4) is 11.1 Å². The van der Waals surface area contributed by atoms with Gasteiger partial charge in [-0.25, -0.2) is 9.50 Å². The molecular weight excluding hydrogens is 314 g/mol. The molecule has 4 aromatic rings. The van der Waals surface area contributed by atoms with E-state index in [0.717, 1.165) is 32.1 Å². The Balaban J connectivity index is 1.98. The summed E-state index contributed by atoms with van der Waals surface area (Å²) >= 11 is 3.47. The maximum Gasteiger partial charge on any atom is 0.162 e. The zero-order valence-corrected chi connectivity index (χ0v) is 12.1. The first-order valence-electron chi connectivity index (χ1n) is 6.30. The van der Waals surface area contributed by atoms with E-state index in [1.165, 1.54) is 0 Å². The lowest BCUT2D eigenvalue weighted by molar-refractivity contribution is 0.959. The van der Waals surface area contributed by atoms with E-state index in [-0.39, 0.29) is 0 Å². The monoisotopic (exact) mass is 323 g/mol. The van der Waals surface area contributed by atoms with Gasteiger partial charge in [0.15, 0.2) is 5.65 Å². The summed E-state index contributed by atoms with van der Waals surface area (Å²) in [7, 11) is 0. The fourth-order valence-corrected chi connectivity index (χ4v) is 2.71. The molecule has 0 saturated heterocycles. The second kappa shape index (κ2) is 4.42. The van der Waals surface area contributed by atoms with Crippen LogP contribution in [0.1, 0.15) is 0 Å². The lowest BCUT2D eigenvalue weighted by Gasteiger charge is -2.01. The van der Waals surface area contributed by atoms with Crippen molar-refractivity contribution >= 4 is 32.5 Å². The van der Waals surface area contributed by atoms with Gasteiger partial charge in [0.2, 0.25) is 0 Å². The van der Waals surface area contributed by atoms with Gasteiger partial charge in [-0.1, -0.05) is 46.3 Å². The highest BCUT2D eigenvalue weighted by Crippen LogP contribution is 2.24. The highest BCUT2D eigenvalue weighted by atomic mass is 79.9. The van der Waals surface area contributed by atoms with Crippen LogP contribution in [0.15, 0.2) is 65.4 Å². The van der Waals surface area contributed by atoms with Crippen molar-refractivity contribution in [2.24, 2.45) is 0 Å². The third kappa shape index (κ3) is 1.80. The van der Waals surface area contributed by atoms with Crippen LogP contribution >= 0.6 is 15.9 Å². The van der Waals surface area contributed by atoms with Crippen molar-refractivity contribution in [3.05, 3.63) is 65.4 Å². The molecule has 0 aliphatic rings. The van der Waals surface area contributed by atoms with Gasteiger partial charge in [0.05, 0.1) is 5.52 Å². The second-order valence-electron chi connectivity index (χ2n) is 4.64. The van der Waals surface area contributed by atoms with Gasteiger partial charge in [-0.3, -0.25) is 0 Å². The molecule has 0 amide bonds. The zero-order valence-electron chi connectivity index (χ0n) is 10.5. The Kier molecular flexibility index (Phi) is 2.57. The van der Waals surface area contributed by atoms with Crippen molar-refractivity contribution in [2.75, 3.05) is 0 Å². The molecule has 0 spiro atoms. The van der Waals surface area contributed by atoms with E-state index in [4.69, 9.17) is 0 Å². The molecule has 3 nitrogen and oxygen atoms in total. The topological polar surface area (TPSA) is 30.2 Å². The Hall–Kier alpha value is -2.20. The van der Waals surface area contributed by atoms with E-state index < -0.39 is 0 Å². The standard InChI is InChI=1S/C16H10BrN3/c17-13-6-7-14-15(8-13)19-20-10-12(9-18-16(14)20)11-4-2-1-3-5-11/h1-10H. The molecule has 0 unspecified atom stereocenters. The largest absolute Gasteiger partial charge is 0.236 e. The van der Waals surface area contributed by atoms with E-state index >= 15 is 0 Å². The van der Waals surface area contributed by atoms with Crippen LogP contribution in [0.2, 0.25) is 0 Å². The van der Waals surface area contributed by atoms with Crippen LogP contribution in [0, 0.1) is 0 Å². The average Bonchev–Trinajstić information content (AvgIpc) is 2.84. The molecule has 0 aliphatic heterocycles. The Bertz CT molecular complexity index is 913. The lowest BCUT2D eigenvalue weighted by Crippen LogP contribution is -1.91. The zero-order chi connectivity index (χ0) is 13.5. The first-order chi connectivity index (χ1) is 9.81. The van der Waals surface area contributed by atoms with E-state index in [1.54, 1.807) is 0 Å². The summed E-state index contributed by atoms with van der Waals surface area (Å²) in [4.78, 5) is 4.56. The van der Waals surface area contributed by atoms with Crippen LogP contribution in [0.5, 0.6) is 0 Å². The highest BCUT2D eigenvalue weighted by Gasteiger charge is 2.07. The molecule has 0 bridgehead atoms. The minimum absolute atomic E-state index is 0.882. The number of nitrogens with zero attached hydrogens (tertiary/aromatic N) is 3. The van der Waals surface area contributed by atoms with Gasteiger partial charge in [-0.2, -0.15) is 5.10 Å². The minimum atomic E-state index is 0.882. The van der Waals surface area contributed by atoms with Gasteiger partial charge < -0.3 is 0 Å². The number of hydrogen-bond donors (Lipinski definition) is 0. The molecule has 2 heterocycles. The van der Waals surface area contributed by atoms with Crippen molar-refractivity contribution < 1.29 is 0 Å². The second-order valence-corrected chi connectivity index (χ2v) is 5.55. The summed E-state index contributed by atoms with van der Waals surface area (Å²) in [5, 5.41) is 5.65. The number of fused-ring (bicyclic) bond motifs is 3. The molecule has 2 aromatic heterocycles. The van der Waals surface area contributed by atoms with Gasteiger partial charge >= 0.3 is 0 Å². The van der Waals surface area contributed by atoms with E-state index in [1.807, 2.05) is 53.3 Å². The molecule has 0 radical (unpaired) electrons. The van der Waals surface area contributed by atoms with Crippen LogP contribution in [0.3, 0.4) is 0 Å². The number of rotatable bonds is 1. The molecule has 0 aliphatic carbocycles. The summed E-state index contributed by atoms with van der Waals surface area (Å²) in [5.74, 6) is 0. The van der Waals surface area contributed by atoms with Gasteiger partial charge in [0, 0.05) is 27.8 Å². The maximum atomic E-state index is 4.59. The fraction of sp³-hybridized carbons (Fsp3) is 0. The Morgan fingerprint density at radius 2 is 1.80 bits per heavy atom. The molecular formula is C16H10BrN3. The molecule has 0 saturated carbocycles. The van der Waals surface area contributed by atoms with Crippen molar-refractivity contribution in [1.82, 2.24) is 14.6 Å². The third-order valence-corrected chi connectivity index (χ3v) is 3.82. The van der Waals surface area contributed by atoms with Crippen LogP contribution in [0.4, 0.5) is 0 Å². The third-order valence-electron chi connectivity index (χ3n) is 3.33. The van der Waals surface area contributed by atoms with E-state index in [2.05, 4.69) is 38.1 Å². The molecule has 4 rings (SSSR count). The number of benzene rings is 2. The number of hydrogen-bond acceptors (Lipinski definition) is 2. The predicted octanol–water partition coefficient (Wildman–Crippen LogP) is 4.31. The van der Waals surface area contributed by atoms with Gasteiger partial charge in [-0.15, -0.1) is 0 Å². The van der Waals surface area contributed by atoms with Crippen LogP contribution < -0.4 is 0 Å². The molecule has 20 heavy (non-hydrogen) atoms. The quantitative estimate of drug-likeness (QED) is 0.522. The van der Waals surface area contributed by atoms with E-state index in [9.17, 15) is 0 Å². The predicted molar refractivity (Wildman–Crippen MR) is 83.6 cm³/mol. The summed E-state index contributed by atoms with van der Waals surface area (Å²) in [6.45, 7) is 0. The van der Waals surface area contributed by atoms with Crippen LogP contribution in [-0.4, -0.2) is 14.6 Å². The molecule has 0 fully saturated rings. The van der Waals surface area contributed by atoms with Crippen LogP contribution in [-0.2, 0) is 0 Å². The minimum Gasteiger partial charge on any atom is -0.236 e. The SMILES string of the molecule is Brc1ccc2c(c1)nn1cc(-c3ccccc3)cnc21. The van der Waals surface area contributed by atoms with Crippen LogP contribution in [0.25, 0.3) is 27.7 Å². The molecule has 0 atom stereocenters. The summed E-state index contributed by atoms with van der Waals surface area (Å²) in [6.07, 6.45) is 3.92. The van der Waals surface area contributed by atoms with E-state index in [0.29, 0.717) is 0 Å². The van der Waals surface area contributed by atoms with Crippen molar-refractivity contribution in [1.29, 1.82) is 0 Å². The van der Waals surface area contributed by atoms with Gasteiger partial charge in [0.25, 0.3) is 0 Å². The maximum absolute atomic E-state index is 4.59. The summed E-state index contributed by atoms with van der Waals surface area (Å²) in [6, 6.07) is 16.3. The summed E-state index contributed by atoms with van der Waals surface area (Å²) in [5.41, 5.74) is 4.02. The highest BCUT2D eigenvalue weighted by molar-refractivity contribution is 9.10. The van der Waals surface area contributed by atoms with Crippen molar-refractivity contribution in [3.63, 3.8) is 0 Å².